The first-order valence-electron chi connectivity index (χ1n) is 5.13. The van der Waals surface area contributed by atoms with Crippen LogP contribution < -0.4 is 0 Å². The molecule has 1 aliphatic heterocycles. The Bertz CT molecular complexity index is 168. The molecule has 0 radical (unpaired) electrons. The third-order valence-electron chi connectivity index (χ3n) is 3.77. The summed E-state index contributed by atoms with van der Waals surface area (Å²) in [5.41, 5.74) is 1.36. The van der Waals surface area contributed by atoms with Gasteiger partial charge in [0.05, 0.1) is 0 Å². The first kappa shape index (κ1) is 8.55. The normalized spacial score (nSPS) is 38.5. The lowest BCUT2D eigenvalue weighted by molar-refractivity contribution is -0.00269. The maximum absolute atomic E-state index is 2.52. The average molecular weight is 167 g/mol. The highest BCUT2D eigenvalue weighted by atomic mass is 15.2. The van der Waals surface area contributed by atoms with E-state index in [0.29, 0.717) is 5.41 Å². The fourth-order valence-corrected chi connectivity index (χ4v) is 3.77. The molecule has 1 saturated carbocycles. The second kappa shape index (κ2) is 2.25. The van der Waals surface area contributed by atoms with E-state index in [9.17, 15) is 0 Å². The molecule has 0 unspecified atom stereocenters. The molecular weight excluding hydrogens is 146 g/mol. The van der Waals surface area contributed by atoms with Gasteiger partial charge in [-0.1, -0.05) is 13.8 Å². The van der Waals surface area contributed by atoms with E-state index in [1.807, 2.05) is 0 Å². The summed E-state index contributed by atoms with van der Waals surface area (Å²) in [6, 6.07) is 0.820. The van der Waals surface area contributed by atoms with Crippen LogP contribution in [0.25, 0.3) is 0 Å². The van der Waals surface area contributed by atoms with Crippen molar-refractivity contribution >= 4 is 0 Å². The van der Waals surface area contributed by atoms with Crippen LogP contribution in [0.4, 0.5) is 0 Å². The third kappa shape index (κ3) is 1.19. The van der Waals surface area contributed by atoms with Gasteiger partial charge in [0.2, 0.25) is 0 Å². The standard InChI is InChI=1S/C11H21N/c1-9-5-11(8-12(9)4)6-10(2,3)7-11/h9H,5-8H2,1-4H3/t9-/m1/s1. The van der Waals surface area contributed by atoms with E-state index in [1.165, 1.54) is 25.8 Å². The van der Waals surface area contributed by atoms with E-state index >= 15 is 0 Å². The highest BCUT2D eigenvalue weighted by Gasteiger charge is 2.53. The molecule has 2 rings (SSSR count). The molecule has 1 heteroatoms. The number of likely N-dealkylation sites (tertiary alicyclic amines) is 1. The Morgan fingerprint density at radius 1 is 1.25 bits per heavy atom. The molecular formula is C11H21N. The Labute approximate surface area is 76.1 Å². The van der Waals surface area contributed by atoms with Gasteiger partial charge in [0, 0.05) is 12.6 Å². The SMILES string of the molecule is C[C@@H]1CC2(CN1C)CC(C)(C)C2. The Morgan fingerprint density at radius 3 is 2.17 bits per heavy atom. The highest BCUT2D eigenvalue weighted by Crippen LogP contribution is 2.59. The van der Waals surface area contributed by atoms with E-state index in [2.05, 4.69) is 32.7 Å². The number of nitrogens with zero attached hydrogens (tertiary/aromatic N) is 1. The fraction of sp³-hybridized carbons (Fsp3) is 1.00. The first-order chi connectivity index (χ1) is 5.43. The van der Waals surface area contributed by atoms with Crippen molar-refractivity contribution in [2.45, 2.75) is 46.1 Å². The van der Waals surface area contributed by atoms with E-state index in [4.69, 9.17) is 0 Å². The van der Waals surface area contributed by atoms with Gasteiger partial charge in [0.25, 0.3) is 0 Å². The molecule has 0 N–H and O–H groups in total. The molecule has 0 aromatic rings. The third-order valence-corrected chi connectivity index (χ3v) is 3.77. The molecule has 2 fully saturated rings. The maximum atomic E-state index is 2.52. The maximum Gasteiger partial charge on any atom is 0.00698 e. The van der Waals surface area contributed by atoms with Crippen molar-refractivity contribution in [1.82, 2.24) is 4.90 Å². The van der Waals surface area contributed by atoms with Crippen molar-refractivity contribution < 1.29 is 0 Å². The van der Waals surface area contributed by atoms with E-state index in [0.717, 1.165) is 11.5 Å². The van der Waals surface area contributed by atoms with Gasteiger partial charge in [0.15, 0.2) is 0 Å². The second-order valence-electron chi connectivity index (χ2n) is 5.99. The molecule has 1 heterocycles. The molecule has 0 amide bonds. The average Bonchev–Trinajstić information content (AvgIpc) is 2.04. The number of hydrogen-bond donors (Lipinski definition) is 0. The Hall–Kier alpha value is -0.0400. The summed E-state index contributed by atoms with van der Waals surface area (Å²) in [7, 11) is 2.27. The molecule has 12 heavy (non-hydrogen) atoms. The van der Waals surface area contributed by atoms with E-state index in [1.54, 1.807) is 0 Å². The van der Waals surface area contributed by atoms with Gasteiger partial charge in [0.1, 0.15) is 0 Å². The lowest BCUT2D eigenvalue weighted by Crippen LogP contribution is -2.44. The lowest BCUT2D eigenvalue weighted by atomic mass is 9.54. The minimum Gasteiger partial charge on any atom is -0.303 e. The monoisotopic (exact) mass is 167 g/mol. The Balaban J connectivity index is 2.01. The molecule has 70 valence electrons. The van der Waals surface area contributed by atoms with E-state index < -0.39 is 0 Å². The van der Waals surface area contributed by atoms with Crippen molar-refractivity contribution in [2.24, 2.45) is 10.8 Å². The number of hydrogen-bond acceptors (Lipinski definition) is 1. The van der Waals surface area contributed by atoms with Crippen molar-refractivity contribution in [3.05, 3.63) is 0 Å². The van der Waals surface area contributed by atoms with E-state index in [-0.39, 0.29) is 0 Å². The van der Waals surface area contributed by atoms with Crippen LogP contribution >= 0.6 is 0 Å². The van der Waals surface area contributed by atoms with Gasteiger partial charge in [-0.05, 0) is 44.1 Å². The first-order valence-corrected chi connectivity index (χ1v) is 5.13. The summed E-state index contributed by atoms with van der Waals surface area (Å²) in [5.74, 6) is 0. The predicted octanol–water partition coefficient (Wildman–Crippen LogP) is 2.52. The molecule has 1 atom stereocenters. The fourth-order valence-electron chi connectivity index (χ4n) is 3.77. The predicted molar refractivity (Wildman–Crippen MR) is 52.2 cm³/mol. The Kier molecular flexibility index (Phi) is 1.61. The van der Waals surface area contributed by atoms with Crippen LogP contribution in [0, 0.1) is 10.8 Å². The zero-order chi connectivity index (χ0) is 8.98. The minimum atomic E-state index is 0.644. The minimum absolute atomic E-state index is 0.644. The van der Waals surface area contributed by atoms with Crippen molar-refractivity contribution in [3.8, 4) is 0 Å². The molecule has 1 saturated heterocycles. The van der Waals surface area contributed by atoms with Crippen LogP contribution in [0.1, 0.15) is 40.0 Å². The molecule has 1 nitrogen and oxygen atoms in total. The van der Waals surface area contributed by atoms with Gasteiger partial charge in [-0.3, -0.25) is 0 Å². The second-order valence-corrected chi connectivity index (χ2v) is 5.99. The van der Waals surface area contributed by atoms with Crippen LogP contribution in [-0.4, -0.2) is 24.5 Å². The van der Waals surface area contributed by atoms with Crippen molar-refractivity contribution in [3.63, 3.8) is 0 Å². The summed E-state index contributed by atoms with van der Waals surface area (Å²) in [5, 5.41) is 0. The van der Waals surface area contributed by atoms with Crippen LogP contribution in [0.15, 0.2) is 0 Å². The smallest absolute Gasteiger partial charge is 0.00698 e. The van der Waals surface area contributed by atoms with Crippen LogP contribution in [0.5, 0.6) is 0 Å². The zero-order valence-electron chi connectivity index (χ0n) is 8.85. The molecule has 1 aliphatic carbocycles. The molecule has 0 aromatic carbocycles. The van der Waals surface area contributed by atoms with Crippen LogP contribution in [0.2, 0.25) is 0 Å². The van der Waals surface area contributed by atoms with Gasteiger partial charge >= 0.3 is 0 Å². The zero-order valence-corrected chi connectivity index (χ0v) is 8.85. The summed E-state index contributed by atoms with van der Waals surface area (Å²) >= 11 is 0. The molecule has 0 aromatic heterocycles. The quantitative estimate of drug-likeness (QED) is 0.536. The van der Waals surface area contributed by atoms with Crippen molar-refractivity contribution in [1.29, 1.82) is 0 Å². The van der Waals surface area contributed by atoms with Crippen LogP contribution in [0.3, 0.4) is 0 Å². The topological polar surface area (TPSA) is 3.24 Å². The summed E-state index contributed by atoms with van der Waals surface area (Å²) in [6.45, 7) is 8.51. The molecule has 1 spiro atoms. The largest absolute Gasteiger partial charge is 0.303 e. The summed E-state index contributed by atoms with van der Waals surface area (Å²) in [4.78, 5) is 2.52. The van der Waals surface area contributed by atoms with Gasteiger partial charge in [-0.15, -0.1) is 0 Å². The summed E-state index contributed by atoms with van der Waals surface area (Å²) < 4.78 is 0. The number of rotatable bonds is 0. The van der Waals surface area contributed by atoms with Crippen LogP contribution in [-0.2, 0) is 0 Å². The van der Waals surface area contributed by atoms with Crippen molar-refractivity contribution in [2.75, 3.05) is 13.6 Å². The Morgan fingerprint density at radius 2 is 1.83 bits per heavy atom. The van der Waals surface area contributed by atoms with Gasteiger partial charge in [-0.25, -0.2) is 0 Å². The van der Waals surface area contributed by atoms with Gasteiger partial charge < -0.3 is 4.90 Å². The molecule has 2 aliphatic rings. The lowest BCUT2D eigenvalue weighted by Gasteiger charge is -2.51. The highest BCUT2D eigenvalue weighted by molar-refractivity contribution is 5.05. The molecule has 0 bridgehead atoms. The summed E-state index contributed by atoms with van der Waals surface area (Å²) in [6.07, 6.45) is 4.34. The van der Waals surface area contributed by atoms with Gasteiger partial charge in [-0.2, -0.15) is 0 Å².